The minimum Gasteiger partial charge on any atom is -0.481 e. The number of aliphatic carboxylic acids is 1. The lowest BCUT2D eigenvalue weighted by molar-refractivity contribution is -0.138. The molecule has 1 N–H and O–H groups in total. The maximum Gasteiger partial charge on any atom is 0.324 e. The first-order valence-electron chi connectivity index (χ1n) is 8.31. The number of benzene rings is 2. The number of amides is 2. The van der Waals surface area contributed by atoms with Crippen LogP contribution in [0.4, 0.5) is 10.5 Å². The van der Waals surface area contributed by atoms with Crippen LogP contribution in [0, 0.1) is 5.92 Å². The van der Waals surface area contributed by atoms with Crippen molar-refractivity contribution in [1.29, 1.82) is 0 Å². The molecular formula is C19H17BrCl2N2O3. The van der Waals surface area contributed by atoms with Gasteiger partial charge in [0.15, 0.2) is 0 Å². The average Bonchev–Trinajstić information content (AvgIpc) is 2.61. The third-order valence-corrected chi connectivity index (χ3v) is 5.52. The standard InChI is InChI=1S/C19H17BrCl2N2O3/c20-14-1-4-16(5-2-14)24-10-12(7-18(25)26)9-23(19(24)27)11-13-8-15(21)3-6-17(13)22/h1-6,8,12H,7,9-11H2,(H,25,26). The summed E-state index contributed by atoms with van der Waals surface area (Å²) in [6.45, 7) is 0.967. The molecular weight excluding hydrogens is 455 g/mol. The van der Waals surface area contributed by atoms with Gasteiger partial charge in [0.05, 0.1) is 6.42 Å². The summed E-state index contributed by atoms with van der Waals surface area (Å²) in [4.78, 5) is 27.5. The fourth-order valence-corrected chi connectivity index (χ4v) is 3.81. The molecule has 2 aromatic carbocycles. The normalized spacial score (nSPS) is 17.3. The van der Waals surface area contributed by atoms with Gasteiger partial charge in [-0.15, -0.1) is 0 Å². The summed E-state index contributed by atoms with van der Waals surface area (Å²) in [5.41, 5.74) is 1.45. The third-order valence-electron chi connectivity index (χ3n) is 4.39. The Morgan fingerprint density at radius 1 is 1.15 bits per heavy atom. The molecule has 2 amide bonds. The van der Waals surface area contributed by atoms with Crippen LogP contribution in [0.5, 0.6) is 0 Å². The number of nitrogens with zero attached hydrogens (tertiary/aromatic N) is 2. The number of urea groups is 1. The van der Waals surface area contributed by atoms with E-state index < -0.39 is 5.97 Å². The third kappa shape index (κ3) is 4.94. The van der Waals surface area contributed by atoms with Crippen LogP contribution in [-0.4, -0.2) is 35.1 Å². The number of carbonyl (C=O) groups is 2. The van der Waals surface area contributed by atoms with Crippen molar-refractivity contribution in [2.24, 2.45) is 5.92 Å². The molecule has 0 saturated carbocycles. The molecule has 8 heteroatoms. The Bertz CT molecular complexity index is 861. The van der Waals surface area contributed by atoms with Gasteiger partial charge in [0.1, 0.15) is 0 Å². The summed E-state index contributed by atoms with van der Waals surface area (Å²) in [6.07, 6.45) is -0.0138. The smallest absolute Gasteiger partial charge is 0.324 e. The van der Waals surface area contributed by atoms with Crippen molar-refractivity contribution in [2.45, 2.75) is 13.0 Å². The maximum absolute atomic E-state index is 13.1. The molecule has 5 nitrogen and oxygen atoms in total. The van der Waals surface area contributed by atoms with Crippen LogP contribution >= 0.6 is 39.1 Å². The lowest BCUT2D eigenvalue weighted by Gasteiger charge is -2.40. The van der Waals surface area contributed by atoms with Gasteiger partial charge in [-0.2, -0.15) is 0 Å². The lowest BCUT2D eigenvalue weighted by atomic mass is 10.0. The van der Waals surface area contributed by atoms with Crippen LogP contribution in [0.2, 0.25) is 10.0 Å². The Balaban J connectivity index is 1.89. The highest BCUT2D eigenvalue weighted by atomic mass is 79.9. The van der Waals surface area contributed by atoms with Gasteiger partial charge in [-0.1, -0.05) is 39.1 Å². The monoisotopic (exact) mass is 470 g/mol. The zero-order valence-corrected chi connectivity index (χ0v) is 17.3. The highest BCUT2D eigenvalue weighted by Gasteiger charge is 2.34. The fraction of sp³-hybridized carbons (Fsp3) is 0.263. The molecule has 0 spiro atoms. The second-order valence-corrected chi connectivity index (χ2v) is 8.21. The number of hydrogen-bond acceptors (Lipinski definition) is 2. The minimum atomic E-state index is -0.883. The molecule has 1 unspecified atom stereocenters. The quantitative estimate of drug-likeness (QED) is 0.644. The van der Waals surface area contributed by atoms with Gasteiger partial charge in [-0.25, -0.2) is 4.79 Å². The maximum atomic E-state index is 13.1. The molecule has 1 aliphatic rings. The molecule has 1 aliphatic heterocycles. The van der Waals surface area contributed by atoms with Crippen LogP contribution in [0.3, 0.4) is 0 Å². The van der Waals surface area contributed by atoms with E-state index in [1.165, 1.54) is 0 Å². The van der Waals surface area contributed by atoms with Crippen molar-refractivity contribution in [2.75, 3.05) is 18.0 Å². The molecule has 0 bridgehead atoms. The summed E-state index contributed by atoms with van der Waals surface area (Å²) in [5.74, 6) is -1.08. The molecule has 0 aromatic heterocycles. The largest absolute Gasteiger partial charge is 0.481 e. The van der Waals surface area contributed by atoms with E-state index in [9.17, 15) is 14.7 Å². The minimum absolute atomic E-state index is 0.0138. The first-order chi connectivity index (χ1) is 12.8. The van der Waals surface area contributed by atoms with Gasteiger partial charge >= 0.3 is 12.0 Å². The van der Waals surface area contributed by atoms with E-state index in [1.807, 2.05) is 24.3 Å². The number of anilines is 1. The summed E-state index contributed by atoms with van der Waals surface area (Å²) < 4.78 is 0.903. The van der Waals surface area contributed by atoms with Crippen LogP contribution < -0.4 is 4.90 Å². The number of rotatable bonds is 5. The predicted molar refractivity (Wildman–Crippen MR) is 109 cm³/mol. The van der Waals surface area contributed by atoms with E-state index >= 15 is 0 Å². The average molecular weight is 472 g/mol. The van der Waals surface area contributed by atoms with E-state index in [2.05, 4.69) is 15.9 Å². The zero-order chi connectivity index (χ0) is 19.6. The molecule has 1 saturated heterocycles. The summed E-state index contributed by atoms with van der Waals surface area (Å²) in [5, 5.41) is 10.3. The van der Waals surface area contributed by atoms with Crippen molar-refractivity contribution in [3.05, 3.63) is 62.5 Å². The molecule has 1 fully saturated rings. The molecule has 0 aliphatic carbocycles. The molecule has 3 rings (SSSR count). The second-order valence-electron chi connectivity index (χ2n) is 6.45. The zero-order valence-electron chi connectivity index (χ0n) is 14.2. The van der Waals surface area contributed by atoms with Gasteiger partial charge in [-0.05, 0) is 48.0 Å². The first-order valence-corrected chi connectivity index (χ1v) is 9.86. The summed E-state index contributed by atoms with van der Waals surface area (Å²) in [7, 11) is 0. The number of halogens is 3. The molecule has 142 valence electrons. The molecule has 0 radical (unpaired) electrons. The van der Waals surface area contributed by atoms with E-state index in [0.717, 1.165) is 15.7 Å². The highest BCUT2D eigenvalue weighted by molar-refractivity contribution is 9.10. The summed E-state index contributed by atoms with van der Waals surface area (Å²) in [6, 6.07) is 12.3. The first kappa shape index (κ1) is 20.0. The van der Waals surface area contributed by atoms with E-state index in [1.54, 1.807) is 28.0 Å². The SMILES string of the molecule is O=C(O)CC1CN(Cc2cc(Cl)ccc2Cl)C(=O)N(c2ccc(Br)cc2)C1. The Hall–Kier alpha value is -1.76. The predicted octanol–water partition coefficient (Wildman–Crippen LogP) is 5.29. The van der Waals surface area contributed by atoms with Crippen LogP contribution in [0.25, 0.3) is 0 Å². The lowest BCUT2D eigenvalue weighted by Crippen LogP contribution is -2.53. The summed E-state index contributed by atoms with van der Waals surface area (Å²) >= 11 is 15.7. The Kier molecular flexibility index (Phi) is 6.29. The van der Waals surface area contributed by atoms with Gasteiger partial charge < -0.3 is 10.0 Å². The molecule has 2 aromatic rings. The van der Waals surface area contributed by atoms with E-state index in [4.69, 9.17) is 23.2 Å². The fourth-order valence-electron chi connectivity index (χ4n) is 3.17. The number of hydrogen-bond donors (Lipinski definition) is 1. The Labute approximate surface area is 175 Å². The second kappa shape index (κ2) is 8.50. The van der Waals surface area contributed by atoms with E-state index in [0.29, 0.717) is 23.1 Å². The van der Waals surface area contributed by atoms with Gasteiger partial charge in [-0.3, -0.25) is 9.69 Å². The van der Waals surface area contributed by atoms with Gasteiger partial charge in [0.25, 0.3) is 0 Å². The Morgan fingerprint density at radius 2 is 1.85 bits per heavy atom. The number of carboxylic acid groups (broad SMARTS) is 1. The van der Waals surface area contributed by atoms with Crippen molar-refractivity contribution < 1.29 is 14.7 Å². The van der Waals surface area contributed by atoms with Gasteiger partial charge in [0.2, 0.25) is 0 Å². The van der Waals surface area contributed by atoms with Crippen LogP contribution in [0.1, 0.15) is 12.0 Å². The van der Waals surface area contributed by atoms with Crippen molar-refractivity contribution in [3.8, 4) is 0 Å². The Morgan fingerprint density at radius 3 is 2.52 bits per heavy atom. The molecule has 1 heterocycles. The molecule has 27 heavy (non-hydrogen) atoms. The van der Waals surface area contributed by atoms with Crippen LogP contribution in [-0.2, 0) is 11.3 Å². The topological polar surface area (TPSA) is 60.9 Å². The highest BCUT2D eigenvalue weighted by Crippen LogP contribution is 2.29. The van der Waals surface area contributed by atoms with Gasteiger partial charge in [0, 0.05) is 45.8 Å². The number of carboxylic acids is 1. The van der Waals surface area contributed by atoms with Crippen molar-refractivity contribution in [3.63, 3.8) is 0 Å². The molecule has 1 atom stereocenters. The van der Waals surface area contributed by atoms with Crippen LogP contribution in [0.15, 0.2) is 46.9 Å². The van der Waals surface area contributed by atoms with Crippen molar-refractivity contribution >= 4 is 56.8 Å². The van der Waals surface area contributed by atoms with Crippen molar-refractivity contribution in [1.82, 2.24) is 4.90 Å². The van der Waals surface area contributed by atoms with E-state index in [-0.39, 0.29) is 24.9 Å². The number of carbonyl (C=O) groups excluding carboxylic acids is 1.